The Kier molecular flexibility index (Phi) is 5.30. The van der Waals surface area contributed by atoms with Gasteiger partial charge in [-0.05, 0) is 24.6 Å². The minimum absolute atomic E-state index is 0.0413. The van der Waals surface area contributed by atoms with E-state index in [-0.39, 0.29) is 5.92 Å². The Morgan fingerprint density at radius 2 is 2.19 bits per heavy atom. The molecule has 0 fully saturated rings. The molecule has 0 saturated carbocycles. The van der Waals surface area contributed by atoms with Gasteiger partial charge in [0.1, 0.15) is 0 Å². The molecule has 0 aliphatic heterocycles. The summed E-state index contributed by atoms with van der Waals surface area (Å²) in [6.45, 7) is 2.68. The second-order valence-corrected chi connectivity index (χ2v) is 5.24. The third-order valence-electron chi connectivity index (χ3n) is 2.39. The summed E-state index contributed by atoms with van der Waals surface area (Å²) in [4.78, 5) is 2.09. The Balaban J connectivity index is 2.81. The van der Waals surface area contributed by atoms with E-state index in [1.54, 1.807) is 0 Å². The van der Waals surface area contributed by atoms with Gasteiger partial charge in [-0.25, -0.2) is 0 Å². The van der Waals surface area contributed by atoms with Crippen LogP contribution in [0, 0.1) is 17.2 Å². The summed E-state index contributed by atoms with van der Waals surface area (Å²) in [5.41, 5.74) is 2.35. The van der Waals surface area contributed by atoms with Crippen LogP contribution in [0.4, 0.5) is 5.69 Å². The van der Waals surface area contributed by atoms with Gasteiger partial charge in [-0.15, -0.1) is 0 Å². The van der Waals surface area contributed by atoms with Crippen molar-refractivity contribution in [1.29, 1.82) is 5.26 Å². The Bertz CT molecular complexity index is 398. The molecule has 0 N–H and O–H groups in total. The number of halogens is 2. The summed E-state index contributed by atoms with van der Waals surface area (Å²) in [6, 6.07) is 8.49. The smallest absolute Gasteiger partial charge is 0.0671 e. The molecule has 4 heteroatoms. The average Bonchev–Trinajstić information content (AvgIpc) is 2.28. The van der Waals surface area contributed by atoms with Crippen molar-refractivity contribution in [2.24, 2.45) is 5.92 Å². The van der Waals surface area contributed by atoms with Crippen LogP contribution in [-0.2, 0) is 5.33 Å². The highest BCUT2D eigenvalue weighted by Gasteiger charge is 2.07. The molecule has 0 aromatic heterocycles. The molecule has 0 saturated heterocycles. The first-order chi connectivity index (χ1) is 7.58. The van der Waals surface area contributed by atoms with E-state index in [0.29, 0.717) is 0 Å². The lowest BCUT2D eigenvalue weighted by molar-refractivity contribution is 0.716. The second-order valence-electron chi connectivity index (χ2n) is 3.82. The zero-order valence-corrected chi connectivity index (χ0v) is 12.5. The van der Waals surface area contributed by atoms with E-state index < -0.39 is 0 Å². The lowest BCUT2D eigenvalue weighted by Crippen LogP contribution is -2.23. The van der Waals surface area contributed by atoms with Crippen LogP contribution in [-0.4, -0.2) is 13.6 Å². The number of hydrogen-bond acceptors (Lipinski definition) is 2. The first-order valence-corrected chi connectivity index (χ1v) is 6.95. The van der Waals surface area contributed by atoms with Crippen molar-refractivity contribution in [2.75, 3.05) is 18.5 Å². The van der Waals surface area contributed by atoms with Crippen molar-refractivity contribution < 1.29 is 0 Å². The molecule has 0 aliphatic rings. The molecule has 0 spiro atoms. The van der Waals surface area contributed by atoms with Crippen LogP contribution in [0.25, 0.3) is 0 Å². The van der Waals surface area contributed by atoms with Crippen molar-refractivity contribution in [2.45, 2.75) is 12.3 Å². The first kappa shape index (κ1) is 13.5. The van der Waals surface area contributed by atoms with Crippen LogP contribution in [0.1, 0.15) is 12.5 Å². The minimum atomic E-state index is 0.0413. The minimum Gasteiger partial charge on any atom is -0.373 e. The monoisotopic (exact) mass is 344 g/mol. The highest BCUT2D eigenvalue weighted by molar-refractivity contribution is 9.10. The SMILES string of the molecule is CC(C#N)CN(C)c1ccc(CBr)c(Br)c1. The number of nitriles is 1. The molecule has 86 valence electrons. The summed E-state index contributed by atoms with van der Waals surface area (Å²) in [6.07, 6.45) is 0. The van der Waals surface area contributed by atoms with Crippen molar-refractivity contribution in [3.05, 3.63) is 28.2 Å². The highest BCUT2D eigenvalue weighted by atomic mass is 79.9. The van der Waals surface area contributed by atoms with Gasteiger partial charge in [-0.2, -0.15) is 5.26 Å². The average molecular weight is 346 g/mol. The Labute approximate surface area is 114 Å². The number of benzene rings is 1. The maximum absolute atomic E-state index is 8.78. The molecule has 0 radical (unpaired) electrons. The predicted octanol–water partition coefficient (Wildman–Crippen LogP) is 3.94. The fourth-order valence-electron chi connectivity index (χ4n) is 1.44. The summed E-state index contributed by atoms with van der Waals surface area (Å²) in [5, 5.41) is 9.61. The number of anilines is 1. The van der Waals surface area contributed by atoms with Gasteiger partial charge in [0.25, 0.3) is 0 Å². The van der Waals surface area contributed by atoms with E-state index in [0.717, 1.165) is 22.0 Å². The van der Waals surface area contributed by atoms with Crippen LogP contribution in [0.15, 0.2) is 22.7 Å². The van der Waals surface area contributed by atoms with Gasteiger partial charge < -0.3 is 4.90 Å². The molecular formula is C12H14Br2N2. The second kappa shape index (κ2) is 6.27. The molecule has 1 rings (SSSR count). The van der Waals surface area contributed by atoms with Crippen molar-refractivity contribution >= 4 is 37.5 Å². The zero-order valence-electron chi connectivity index (χ0n) is 9.37. The topological polar surface area (TPSA) is 27.0 Å². The van der Waals surface area contributed by atoms with Crippen LogP contribution >= 0.6 is 31.9 Å². The van der Waals surface area contributed by atoms with E-state index in [9.17, 15) is 0 Å². The van der Waals surface area contributed by atoms with E-state index in [1.165, 1.54) is 5.56 Å². The van der Waals surface area contributed by atoms with Crippen molar-refractivity contribution in [3.63, 3.8) is 0 Å². The van der Waals surface area contributed by atoms with Crippen LogP contribution in [0.2, 0.25) is 0 Å². The molecule has 16 heavy (non-hydrogen) atoms. The first-order valence-electron chi connectivity index (χ1n) is 5.03. The molecular weight excluding hydrogens is 332 g/mol. The van der Waals surface area contributed by atoms with Crippen molar-refractivity contribution in [1.82, 2.24) is 0 Å². The van der Waals surface area contributed by atoms with Crippen LogP contribution < -0.4 is 4.90 Å². The fraction of sp³-hybridized carbons (Fsp3) is 0.417. The normalized spacial score (nSPS) is 11.9. The van der Waals surface area contributed by atoms with Gasteiger partial charge in [0.05, 0.1) is 12.0 Å². The molecule has 1 aromatic carbocycles. The molecule has 2 nitrogen and oxygen atoms in total. The van der Waals surface area contributed by atoms with Gasteiger partial charge in [0.2, 0.25) is 0 Å². The Morgan fingerprint density at radius 1 is 1.50 bits per heavy atom. The number of rotatable bonds is 4. The summed E-state index contributed by atoms with van der Waals surface area (Å²) in [5.74, 6) is 0.0413. The van der Waals surface area contributed by atoms with E-state index in [1.807, 2.05) is 14.0 Å². The molecule has 0 amide bonds. The molecule has 0 bridgehead atoms. The van der Waals surface area contributed by atoms with E-state index >= 15 is 0 Å². The zero-order chi connectivity index (χ0) is 12.1. The van der Waals surface area contributed by atoms with Gasteiger partial charge in [0, 0.05) is 29.1 Å². The Morgan fingerprint density at radius 3 is 2.69 bits per heavy atom. The molecule has 0 aliphatic carbocycles. The molecule has 1 unspecified atom stereocenters. The number of hydrogen-bond donors (Lipinski definition) is 0. The molecule has 1 atom stereocenters. The summed E-state index contributed by atoms with van der Waals surface area (Å²) >= 11 is 6.97. The predicted molar refractivity (Wildman–Crippen MR) is 74.8 cm³/mol. The van der Waals surface area contributed by atoms with Gasteiger partial charge in [0.15, 0.2) is 0 Å². The maximum atomic E-state index is 8.78. The number of nitrogens with zero attached hydrogens (tertiary/aromatic N) is 2. The molecule has 0 heterocycles. The van der Waals surface area contributed by atoms with Crippen LogP contribution in [0.3, 0.4) is 0 Å². The maximum Gasteiger partial charge on any atom is 0.0671 e. The number of alkyl halides is 1. The van der Waals surface area contributed by atoms with E-state index in [4.69, 9.17) is 5.26 Å². The lowest BCUT2D eigenvalue weighted by Gasteiger charge is -2.21. The van der Waals surface area contributed by atoms with Crippen molar-refractivity contribution in [3.8, 4) is 6.07 Å². The fourth-order valence-corrected chi connectivity index (χ4v) is 2.81. The highest BCUT2D eigenvalue weighted by Crippen LogP contribution is 2.25. The largest absolute Gasteiger partial charge is 0.373 e. The van der Waals surface area contributed by atoms with Gasteiger partial charge in [-0.3, -0.25) is 0 Å². The van der Waals surface area contributed by atoms with Crippen LogP contribution in [0.5, 0.6) is 0 Å². The Hall–Kier alpha value is -0.530. The third-order valence-corrected chi connectivity index (χ3v) is 3.73. The van der Waals surface area contributed by atoms with Gasteiger partial charge in [-0.1, -0.05) is 37.9 Å². The summed E-state index contributed by atoms with van der Waals surface area (Å²) in [7, 11) is 2.00. The molecule has 1 aromatic rings. The summed E-state index contributed by atoms with van der Waals surface area (Å²) < 4.78 is 1.10. The standard InChI is InChI=1S/C12H14Br2N2/c1-9(7-15)8-16(2)11-4-3-10(6-13)12(14)5-11/h3-5,9H,6,8H2,1-2H3. The lowest BCUT2D eigenvalue weighted by atomic mass is 10.1. The quantitative estimate of drug-likeness (QED) is 0.773. The van der Waals surface area contributed by atoms with E-state index in [2.05, 4.69) is 61.0 Å². The third kappa shape index (κ3) is 3.50. The van der Waals surface area contributed by atoms with Gasteiger partial charge >= 0.3 is 0 Å².